The average Bonchev–Trinajstić information content (AvgIpc) is 2.88. The Balaban J connectivity index is 1.39. The summed E-state index contributed by atoms with van der Waals surface area (Å²) in [4.78, 5) is 45.6. The molecule has 1 aliphatic rings. The quantitative estimate of drug-likeness (QED) is 0.375. The molecule has 0 aliphatic heterocycles. The van der Waals surface area contributed by atoms with Crippen LogP contribution in [0.5, 0.6) is 0 Å². The predicted octanol–water partition coefficient (Wildman–Crippen LogP) is 3.48. The number of carbonyl (C=O) groups is 3. The van der Waals surface area contributed by atoms with E-state index in [4.69, 9.17) is 4.74 Å². The van der Waals surface area contributed by atoms with Crippen molar-refractivity contribution < 1.29 is 19.1 Å². The minimum absolute atomic E-state index is 0.0880. The molecule has 1 aromatic heterocycles. The molecule has 1 aromatic carbocycles. The van der Waals surface area contributed by atoms with Gasteiger partial charge in [0, 0.05) is 31.3 Å². The van der Waals surface area contributed by atoms with Gasteiger partial charge in [-0.15, -0.1) is 0 Å². The van der Waals surface area contributed by atoms with E-state index in [1.54, 1.807) is 12.5 Å². The summed E-state index contributed by atoms with van der Waals surface area (Å²) in [5.74, 6) is -0.232. The van der Waals surface area contributed by atoms with Gasteiger partial charge in [0.2, 0.25) is 11.8 Å². The Bertz CT molecular complexity index is 969. The van der Waals surface area contributed by atoms with Crippen LogP contribution in [0.3, 0.4) is 0 Å². The maximum atomic E-state index is 13.0. The smallest absolute Gasteiger partial charge is 0.407 e. The molecule has 1 aliphatic carbocycles. The van der Waals surface area contributed by atoms with E-state index >= 15 is 0 Å². The summed E-state index contributed by atoms with van der Waals surface area (Å²) in [5, 5.41) is 4.27. The minimum Gasteiger partial charge on any atom is -0.445 e. The molecule has 2 N–H and O–H groups in total. The average molecular weight is 482 g/mol. The maximum absolute atomic E-state index is 13.0. The third-order valence-electron chi connectivity index (χ3n) is 5.96. The molecule has 35 heavy (non-hydrogen) atoms. The molecule has 0 radical (unpaired) electrons. The first kappa shape index (κ1) is 26.1. The monoisotopic (exact) mass is 481 g/mol. The van der Waals surface area contributed by atoms with E-state index in [0.717, 1.165) is 48.9 Å². The number of rotatable bonds is 11. The molecule has 188 valence electrons. The molecule has 1 heterocycles. The van der Waals surface area contributed by atoms with Gasteiger partial charge in [0.1, 0.15) is 12.9 Å². The number of nitrogens with zero attached hydrogens (tertiary/aromatic N) is 3. The van der Waals surface area contributed by atoms with Crippen molar-refractivity contribution in [2.45, 2.75) is 77.4 Å². The van der Waals surface area contributed by atoms with E-state index in [2.05, 4.69) is 20.7 Å². The van der Waals surface area contributed by atoms with E-state index in [0.29, 0.717) is 32.2 Å². The Labute approximate surface area is 206 Å². The lowest BCUT2D eigenvalue weighted by Gasteiger charge is -2.34. The lowest BCUT2D eigenvalue weighted by Crippen LogP contribution is -2.53. The van der Waals surface area contributed by atoms with E-state index in [1.165, 1.54) is 5.01 Å². The van der Waals surface area contributed by atoms with Crippen LogP contribution in [0, 0.1) is 0 Å². The molecule has 0 saturated carbocycles. The summed E-state index contributed by atoms with van der Waals surface area (Å²) in [6.07, 6.45) is 8.64. The Morgan fingerprint density at radius 2 is 1.94 bits per heavy atom. The standard InChI is InChI=1S/C26H35N5O4/c1-2-9-24(32)30-31(22-13-14-23-21(16-22)17-27-19-29-23)25(33)12-7-4-8-15-28-26(34)35-18-20-10-5-3-6-11-20/h3,5-6,10-11,17,19,22H,2,4,7-9,12-16,18H2,1H3,(H,28,34)(H,30,32). The number of aryl methyl sites for hydroxylation is 1. The second-order valence-electron chi connectivity index (χ2n) is 8.74. The van der Waals surface area contributed by atoms with Crippen LogP contribution in [-0.2, 0) is 33.8 Å². The lowest BCUT2D eigenvalue weighted by atomic mass is 9.92. The van der Waals surface area contributed by atoms with Crippen molar-refractivity contribution in [1.82, 2.24) is 25.7 Å². The first-order valence-electron chi connectivity index (χ1n) is 12.4. The summed E-state index contributed by atoms with van der Waals surface area (Å²) >= 11 is 0. The molecule has 2 aromatic rings. The number of unbranched alkanes of at least 4 members (excludes halogenated alkanes) is 2. The van der Waals surface area contributed by atoms with Crippen molar-refractivity contribution >= 4 is 17.9 Å². The van der Waals surface area contributed by atoms with Crippen molar-refractivity contribution in [3.05, 3.63) is 59.7 Å². The van der Waals surface area contributed by atoms with Gasteiger partial charge in [0.15, 0.2) is 0 Å². The Kier molecular flexibility index (Phi) is 10.5. The lowest BCUT2D eigenvalue weighted by molar-refractivity contribution is -0.145. The summed E-state index contributed by atoms with van der Waals surface area (Å²) in [5.41, 5.74) is 5.82. The zero-order valence-electron chi connectivity index (χ0n) is 20.4. The number of ether oxygens (including phenoxy) is 1. The number of nitrogens with one attached hydrogen (secondary N) is 2. The largest absolute Gasteiger partial charge is 0.445 e. The topological polar surface area (TPSA) is 114 Å². The molecule has 3 amide bonds. The van der Waals surface area contributed by atoms with Crippen LogP contribution < -0.4 is 10.7 Å². The van der Waals surface area contributed by atoms with Gasteiger partial charge in [0.05, 0.1) is 6.04 Å². The number of carbonyl (C=O) groups excluding carboxylic acids is 3. The summed E-state index contributed by atoms with van der Waals surface area (Å²) in [7, 11) is 0. The van der Waals surface area contributed by atoms with Crippen LogP contribution in [0.2, 0.25) is 0 Å². The van der Waals surface area contributed by atoms with Crippen LogP contribution in [0.25, 0.3) is 0 Å². The number of amides is 3. The van der Waals surface area contributed by atoms with Crippen molar-refractivity contribution in [3.8, 4) is 0 Å². The zero-order valence-corrected chi connectivity index (χ0v) is 20.4. The van der Waals surface area contributed by atoms with Gasteiger partial charge < -0.3 is 10.1 Å². The minimum atomic E-state index is -0.448. The van der Waals surface area contributed by atoms with Crippen LogP contribution in [-0.4, -0.2) is 45.5 Å². The molecular weight excluding hydrogens is 446 g/mol. The van der Waals surface area contributed by atoms with Gasteiger partial charge in [0.25, 0.3) is 0 Å². The van der Waals surface area contributed by atoms with E-state index < -0.39 is 6.09 Å². The molecule has 1 atom stereocenters. The molecule has 1 unspecified atom stereocenters. The van der Waals surface area contributed by atoms with E-state index in [-0.39, 0.29) is 24.5 Å². The summed E-state index contributed by atoms with van der Waals surface area (Å²) in [6, 6.07) is 9.40. The number of alkyl carbamates (subject to hydrolysis) is 1. The van der Waals surface area contributed by atoms with Gasteiger partial charge >= 0.3 is 6.09 Å². The maximum Gasteiger partial charge on any atom is 0.407 e. The Morgan fingerprint density at radius 3 is 2.74 bits per heavy atom. The van der Waals surface area contributed by atoms with Gasteiger partial charge in [-0.25, -0.2) is 14.8 Å². The van der Waals surface area contributed by atoms with Gasteiger partial charge in [-0.05, 0) is 49.7 Å². The van der Waals surface area contributed by atoms with Gasteiger partial charge in [-0.2, -0.15) is 0 Å². The first-order valence-corrected chi connectivity index (χ1v) is 12.4. The highest BCUT2D eigenvalue weighted by Crippen LogP contribution is 2.22. The van der Waals surface area contributed by atoms with E-state index in [9.17, 15) is 14.4 Å². The molecule has 0 fully saturated rings. The Hall–Kier alpha value is -3.49. The third kappa shape index (κ3) is 8.66. The zero-order chi connectivity index (χ0) is 24.9. The summed E-state index contributed by atoms with van der Waals surface area (Å²) in [6.45, 7) is 2.65. The van der Waals surface area contributed by atoms with Crippen LogP contribution in [0.4, 0.5) is 4.79 Å². The third-order valence-corrected chi connectivity index (χ3v) is 5.96. The highest BCUT2D eigenvalue weighted by atomic mass is 16.5. The fourth-order valence-electron chi connectivity index (χ4n) is 4.10. The fraction of sp³-hybridized carbons (Fsp3) is 0.500. The second-order valence-corrected chi connectivity index (χ2v) is 8.74. The molecule has 9 heteroatoms. The highest BCUT2D eigenvalue weighted by molar-refractivity contribution is 5.82. The van der Waals surface area contributed by atoms with Crippen molar-refractivity contribution in [2.75, 3.05) is 6.54 Å². The van der Waals surface area contributed by atoms with Crippen LogP contribution in [0.1, 0.15) is 68.7 Å². The SMILES string of the molecule is CCCC(=O)NN(C(=O)CCCCCNC(=O)OCc1ccccc1)C1CCc2ncncc2C1. The van der Waals surface area contributed by atoms with Crippen LogP contribution in [0.15, 0.2) is 42.9 Å². The summed E-state index contributed by atoms with van der Waals surface area (Å²) < 4.78 is 5.19. The predicted molar refractivity (Wildman–Crippen MR) is 131 cm³/mol. The molecular formula is C26H35N5O4. The number of hydrogen-bond acceptors (Lipinski definition) is 6. The van der Waals surface area contributed by atoms with Crippen molar-refractivity contribution in [3.63, 3.8) is 0 Å². The molecule has 0 bridgehead atoms. The normalized spacial score (nSPS) is 14.5. The molecule has 0 saturated heterocycles. The number of aromatic nitrogens is 2. The molecule has 9 nitrogen and oxygen atoms in total. The number of hydrazine groups is 1. The Morgan fingerprint density at radius 1 is 1.11 bits per heavy atom. The van der Waals surface area contributed by atoms with Crippen LogP contribution >= 0.6 is 0 Å². The van der Waals surface area contributed by atoms with Crippen molar-refractivity contribution in [2.24, 2.45) is 0 Å². The van der Waals surface area contributed by atoms with Gasteiger partial charge in [-0.3, -0.25) is 20.0 Å². The number of benzene rings is 1. The highest BCUT2D eigenvalue weighted by Gasteiger charge is 2.29. The number of hydrogen-bond donors (Lipinski definition) is 2. The number of fused-ring (bicyclic) bond motifs is 1. The van der Waals surface area contributed by atoms with Gasteiger partial charge in [-0.1, -0.05) is 43.7 Å². The van der Waals surface area contributed by atoms with E-state index in [1.807, 2.05) is 37.3 Å². The molecule has 3 rings (SSSR count). The fourth-order valence-corrected chi connectivity index (χ4v) is 4.10. The van der Waals surface area contributed by atoms with Crippen molar-refractivity contribution in [1.29, 1.82) is 0 Å². The molecule has 0 spiro atoms. The first-order chi connectivity index (χ1) is 17.1. The second kappa shape index (κ2) is 14.0.